The van der Waals surface area contributed by atoms with Gasteiger partial charge in [-0.2, -0.15) is 0 Å². The standard InChI is InChI=1S/C22H31NO4/c1-21(2,3)20(24)27-16-9-10-22(11-12-23(4)19(22)14-16)15-7-8-17(25-5)18(13-15)26-6/h7-9,13,19H,10-12,14H2,1-6H3. The molecule has 0 amide bonds. The number of carbonyl (C=O) groups is 1. The molecule has 0 saturated carbocycles. The molecule has 5 nitrogen and oxygen atoms in total. The molecule has 1 heterocycles. The number of likely N-dealkylation sites (N-methyl/N-ethyl adjacent to an activating group) is 1. The molecule has 1 aliphatic carbocycles. The van der Waals surface area contributed by atoms with Crippen LogP contribution in [0.25, 0.3) is 0 Å². The Morgan fingerprint density at radius 2 is 1.89 bits per heavy atom. The summed E-state index contributed by atoms with van der Waals surface area (Å²) < 4.78 is 16.6. The maximum atomic E-state index is 12.3. The van der Waals surface area contributed by atoms with Crippen LogP contribution in [0, 0.1) is 5.41 Å². The first kappa shape index (κ1) is 19.7. The minimum atomic E-state index is -0.500. The lowest BCUT2D eigenvalue weighted by molar-refractivity contribution is -0.149. The van der Waals surface area contributed by atoms with Gasteiger partial charge in [-0.3, -0.25) is 4.79 Å². The van der Waals surface area contributed by atoms with Crippen LogP contribution in [0.2, 0.25) is 0 Å². The van der Waals surface area contributed by atoms with Crippen LogP contribution in [0.4, 0.5) is 0 Å². The van der Waals surface area contributed by atoms with Crippen molar-refractivity contribution in [3.63, 3.8) is 0 Å². The highest BCUT2D eigenvalue weighted by molar-refractivity contribution is 5.76. The molecular formula is C22H31NO4. The summed E-state index contributed by atoms with van der Waals surface area (Å²) in [4.78, 5) is 14.7. The summed E-state index contributed by atoms with van der Waals surface area (Å²) in [7, 11) is 5.48. The van der Waals surface area contributed by atoms with Crippen LogP contribution in [-0.2, 0) is 14.9 Å². The Morgan fingerprint density at radius 1 is 1.19 bits per heavy atom. The second kappa shape index (κ2) is 7.19. The van der Waals surface area contributed by atoms with E-state index in [0.29, 0.717) is 6.04 Å². The molecule has 148 valence electrons. The number of hydrogen-bond donors (Lipinski definition) is 0. The minimum absolute atomic E-state index is 0.00589. The lowest BCUT2D eigenvalue weighted by Crippen LogP contribution is -2.43. The highest BCUT2D eigenvalue weighted by atomic mass is 16.5. The molecule has 1 aromatic rings. The number of nitrogens with zero attached hydrogens (tertiary/aromatic N) is 1. The molecular weight excluding hydrogens is 342 g/mol. The lowest BCUT2D eigenvalue weighted by Gasteiger charge is -2.41. The first-order chi connectivity index (χ1) is 12.7. The third-order valence-corrected chi connectivity index (χ3v) is 5.96. The fourth-order valence-electron chi connectivity index (χ4n) is 4.24. The van der Waals surface area contributed by atoms with E-state index in [2.05, 4.69) is 30.2 Å². The highest BCUT2D eigenvalue weighted by Gasteiger charge is 2.49. The van der Waals surface area contributed by atoms with Crippen molar-refractivity contribution < 1.29 is 19.0 Å². The molecule has 2 atom stereocenters. The third-order valence-electron chi connectivity index (χ3n) is 5.96. The average Bonchev–Trinajstić information content (AvgIpc) is 2.98. The molecule has 27 heavy (non-hydrogen) atoms. The summed E-state index contributed by atoms with van der Waals surface area (Å²) in [5, 5.41) is 0. The smallest absolute Gasteiger partial charge is 0.316 e. The van der Waals surface area contributed by atoms with Gasteiger partial charge in [0.15, 0.2) is 11.5 Å². The summed E-state index contributed by atoms with van der Waals surface area (Å²) in [6.45, 7) is 6.67. The number of esters is 1. The van der Waals surface area contributed by atoms with Gasteiger partial charge < -0.3 is 19.1 Å². The van der Waals surface area contributed by atoms with Crippen LogP contribution in [0.5, 0.6) is 11.5 Å². The number of methoxy groups -OCH3 is 2. The number of hydrogen-bond acceptors (Lipinski definition) is 5. The Labute approximate surface area is 162 Å². The van der Waals surface area contributed by atoms with E-state index < -0.39 is 5.41 Å². The van der Waals surface area contributed by atoms with E-state index in [-0.39, 0.29) is 11.4 Å². The summed E-state index contributed by atoms with van der Waals surface area (Å²) in [6, 6.07) is 6.53. The van der Waals surface area contributed by atoms with Crippen molar-refractivity contribution in [1.82, 2.24) is 4.90 Å². The normalized spacial score (nSPS) is 25.6. The molecule has 1 aliphatic heterocycles. The number of ether oxygens (including phenoxy) is 3. The monoisotopic (exact) mass is 373 g/mol. The first-order valence-corrected chi connectivity index (χ1v) is 9.55. The van der Waals surface area contributed by atoms with Crippen molar-refractivity contribution >= 4 is 5.97 Å². The Hall–Kier alpha value is -2.01. The Balaban J connectivity index is 1.92. The van der Waals surface area contributed by atoms with Gasteiger partial charge in [-0.25, -0.2) is 0 Å². The number of carbonyl (C=O) groups excluding carboxylic acids is 1. The SMILES string of the molecule is COc1ccc(C23CC=C(OC(=O)C(C)(C)C)CC2N(C)CC3)cc1OC. The minimum Gasteiger partial charge on any atom is -0.493 e. The quantitative estimate of drug-likeness (QED) is 0.749. The van der Waals surface area contributed by atoms with Crippen LogP contribution in [0.3, 0.4) is 0 Å². The van der Waals surface area contributed by atoms with Crippen LogP contribution in [0.15, 0.2) is 30.0 Å². The highest BCUT2D eigenvalue weighted by Crippen LogP contribution is 2.49. The molecule has 1 aromatic carbocycles. The lowest BCUT2D eigenvalue weighted by atomic mass is 9.68. The van der Waals surface area contributed by atoms with Gasteiger partial charge in [0, 0.05) is 17.9 Å². The molecule has 2 unspecified atom stereocenters. The summed E-state index contributed by atoms with van der Waals surface area (Å²) in [5.41, 5.74) is 0.763. The predicted molar refractivity (Wildman–Crippen MR) is 105 cm³/mol. The Bertz CT molecular complexity index is 749. The second-order valence-electron chi connectivity index (χ2n) is 8.69. The second-order valence-corrected chi connectivity index (χ2v) is 8.69. The van der Waals surface area contributed by atoms with Gasteiger partial charge in [-0.1, -0.05) is 6.07 Å². The van der Waals surface area contributed by atoms with Crippen molar-refractivity contribution in [3.05, 3.63) is 35.6 Å². The fourth-order valence-corrected chi connectivity index (χ4v) is 4.24. The molecule has 0 aromatic heterocycles. The van der Waals surface area contributed by atoms with Crippen molar-refractivity contribution in [2.24, 2.45) is 5.41 Å². The average molecular weight is 373 g/mol. The zero-order valence-corrected chi connectivity index (χ0v) is 17.3. The molecule has 5 heteroatoms. The van der Waals surface area contributed by atoms with E-state index in [4.69, 9.17) is 14.2 Å². The number of likely N-dealkylation sites (tertiary alicyclic amines) is 1. The topological polar surface area (TPSA) is 48.0 Å². The van der Waals surface area contributed by atoms with E-state index in [0.717, 1.165) is 43.1 Å². The maximum Gasteiger partial charge on any atom is 0.316 e. The van der Waals surface area contributed by atoms with Gasteiger partial charge in [0.2, 0.25) is 0 Å². The molecule has 2 aliphatic rings. The molecule has 1 saturated heterocycles. The molecule has 3 rings (SSSR count). The van der Waals surface area contributed by atoms with Gasteiger partial charge in [0.05, 0.1) is 19.6 Å². The van der Waals surface area contributed by atoms with Crippen LogP contribution >= 0.6 is 0 Å². The molecule has 0 bridgehead atoms. The zero-order valence-electron chi connectivity index (χ0n) is 17.3. The van der Waals surface area contributed by atoms with Gasteiger partial charge in [-0.05, 0) is 71.0 Å². The summed E-state index contributed by atoms with van der Waals surface area (Å²) >= 11 is 0. The Kier molecular flexibility index (Phi) is 5.26. The van der Waals surface area contributed by atoms with Crippen molar-refractivity contribution in [2.75, 3.05) is 27.8 Å². The van der Waals surface area contributed by atoms with Crippen LogP contribution in [0.1, 0.15) is 45.6 Å². The largest absolute Gasteiger partial charge is 0.493 e. The van der Waals surface area contributed by atoms with E-state index in [1.54, 1.807) is 14.2 Å². The number of rotatable bonds is 4. The van der Waals surface area contributed by atoms with Crippen molar-refractivity contribution in [2.45, 2.75) is 51.5 Å². The third kappa shape index (κ3) is 3.57. The summed E-state index contributed by atoms with van der Waals surface area (Å²) in [6.07, 6.45) is 4.77. The van der Waals surface area contributed by atoms with E-state index >= 15 is 0 Å². The van der Waals surface area contributed by atoms with Gasteiger partial charge in [0.1, 0.15) is 5.76 Å². The molecule has 0 spiro atoms. The van der Waals surface area contributed by atoms with Crippen LogP contribution < -0.4 is 9.47 Å². The van der Waals surface area contributed by atoms with E-state index in [1.807, 2.05) is 26.8 Å². The van der Waals surface area contributed by atoms with Crippen molar-refractivity contribution in [3.8, 4) is 11.5 Å². The molecule has 0 radical (unpaired) electrons. The molecule has 1 fully saturated rings. The fraction of sp³-hybridized carbons (Fsp3) is 0.591. The van der Waals surface area contributed by atoms with Crippen LogP contribution in [-0.4, -0.2) is 44.7 Å². The van der Waals surface area contributed by atoms with Gasteiger partial charge in [-0.15, -0.1) is 0 Å². The molecule has 0 N–H and O–H groups in total. The van der Waals surface area contributed by atoms with E-state index in [1.165, 1.54) is 5.56 Å². The predicted octanol–water partition coefficient (Wildman–Crippen LogP) is 3.91. The zero-order chi connectivity index (χ0) is 19.8. The van der Waals surface area contributed by atoms with Gasteiger partial charge >= 0.3 is 5.97 Å². The summed E-state index contributed by atoms with van der Waals surface area (Å²) in [5.74, 6) is 2.12. The first-order valence-electron chi connectivity index (χ1n) is 9.55. The number of fused-ring (bicyclic) bond motifs is 1. The van der Waals surface area contributed by atoms with E-state index in [9.17, 15) is 4.79 Å². The van der Waals surface area contributed by atoms with Gasteiger partial charge in [0.25, 0.3) is 0 Å². The van der Waals surface area contributed by atoms with Crippen molar-refractivity contribution in [1.29, 1.82) is 0 Å². The maximum absolute atomic E-state index is 12.3. The Morgan fingerprint density at radius 3 is 2.52 bits per heavy atom. The number of allylic oxidation sites excluding steroid dienone is 1. The number of benzene rings is 1.